The number of carbonyl (C=O) groups excluding carboxylic acids is 3. The lowest BCUT2D eigenvalue weighted by molar-refractivity contribution is -0.141. The zero-order valence-corrected chi connectivity index (χ0v) is 19.6. The molecule has 0 saturated carbocycles. The van der Waals surface area contributed by atoms with Crippen LogP contribution in [0.25, 0.3) is 0 Å². The van der Waals surface area contributed by atoms with Gasteiger partial charge in [0.2, 0.25) is 17.7 Å². The van der Waals surface area contributed by atoms with Crippen molar-refractivity contribution in [2.75, 3.05) is 7.05 Å². The number of thioether (sulfide) groups is 1. The van der Waals surface area contributed by atoms with Gasteiger partial charge in [0.1, 0.15) is 6.04 Å². The molecule has 1 aromatic carbocycles. The van der Waals surface area contributed by atoms with Gasteiger partial charge >= 0.3 is 0 Å². The van der Waals surface area contributed by atoms with E-state index in [1.807, 2.05) is 64.1 Å². The zero-order chi connectivity index (χ0) is 23.2. The first-order valence-corrected chi connectivity index (χ1v) is 11.3. The lowest BCUT2D eigenvalue weighted by Crippen LogP contribution is -2.53. The highest BCUT2D eigenvalue weighted by Gasteiger charge is 2.43. The van der Waals surface area contributed by atoms with Crippen LogP contribution >= 0.6 is 11.8 Å². The van der Waals surface area contributed by atoms with Crippen LogP contribution in [-0.4, -0.2) is 46.0 Å². The summed E-state index contributed by atoms with van der Waals surface area (Å²) in [6.45, 7) is 8.06. The summed E-state index contributed by atoms with van der Waals surface area (Å²) >= 11 is 1.58. The van der Waals surface area contributed by atoms with Crippen LogP contribution in [0.4, 0.5) is 0 Å². The summed E-state index contributed by atoms with van der Waals surface area (Å²) < 4.78 is -0.147. The molecular formula is C23H33N3O4S. The molecule has 8 heteroatoms. The van der Waals surface area contributed by atoms with Crippen molar-refractivity contribution in [1.29, 1.82) is 0 Å². The second-order valence-electron chi connectivity index (χ2n) is 8.89. The Kier molecular flexibility index (Phi) is 8.70. The Balaban J connectivity index is 2.29. The highest BCUT2D eigenvalue weighted by atomic mass is 32.2. The number of hydrogen-bond donors (Lipinski definition) is 4. The van der Waals surface area contributed by atoms with Gasteiger partial charge in [-0.2, -0.15) is 0 Å². The predicted octanol–water partition coefficient (Wildman–Crippen LogP) is 2.45. The molecule has 0 heterocycles. The molecule has 1 aliphatic carbocycles. The number of rotatable bonds is 7. The van der Waals surface area contributed by atoms with Gasteiger partial charge in [-0.25, -0.2) is 5.48 Å². The molecule has 170 valence electrons. The molecule has 1 aliphatic rings. The van der Waals surface area contributed by atoms with Crippen molar-refractivity contribution in [3.63, 3.8) is 0 Å². The van der Waals surface area contributed by atoms with Gasteiger partial charge < -0.3 is 10.6 Å². The third-order valence-corrected chi connectivity index (χ3v) is 6.59. The van der Waals surface area contributed by atoms with Gasteiger partial charge in [-0.3, -0.25) is 19.6 Å². The molecule has 0 aliphatic heterocycles. The fourth-order valence-corrected chi connectivity index (χ4v) is 5.42. The average molecular weight is 448 g/mol. The lowest BCUT2D eigenvalue weighted by atomic mass is 9.78. The Morgan fingerprint density at radius 3 is 2.35 bits per heavy atom. The van der Waals surface area contributed by atoms with Gasteiger partial charge in [-0.05, 0) is 18.9 Å². The summed E-state index contributed by atoms with van der Waals surface area (Å²) in [4.78, 5) is 38.4. The summed E-state index contributed by atoms with van der Waals surface area (Å²) in [5, 5.41) is 14.5. The number of hydroxylamine groups is 1. The summed E-state index contributed by atoms with van der Waals surface area (Å²) in [6.07, 6.45) is 2.72. The van der Waals surface area contributed by atoms with Crippen LogP contribution in [0.1, 0.15) is 39.7 Å². The molecule has 0 aromatic heterocycles. The van der Waals surface area contributed by atoms with Crippen LogP contribution in [0.15, 0.2) is 42.0 Å². The summed E-state index contributed by atoms with van der Waals surface area (Å²) in [5.41, 5.74) is 3.66. The molecule has 4 N–H and O–H groups in total. The van der Waals surface area contributed by atoms with E-state index in [0.717, 1.165) is 11.1 Å². The average Bonchev–Trinajstić information content (AvgIpc) is 2.71. The number of carbonyl (C=O) groups is 3. The van der Waals surface area contributed by atoms with Crippen molar-refractivity contribution in [1.82, 2.24) is 16.1 Å². The normalized spacial score (nSPS) is 22.1. The smallest absolute Gasteiger partial charge is 0.248 e. The molecular weight excluding hydrogens is 414 g/mol. The van der Waals surface area contributed by atoms with Crippen molar-refractivity contribution < 1.29 is 19.6 Å². The monoisotopic (exact) mass is 447 g/mol. The largest absolute Gasteiger partial charge is 0.357 e. The number of allylic oxidation sites excluding steroid dienone is 1. The molecule has 0 saturated heterocycles. The van der Waals surface area contributed by atoms with Gasteiger partial charge in [-0.1, -0.05) is 62.8 Å². The second kappa shape index (κ2) is 10.8. The van der Waals surface area contributed by atoms with Crippen LogP contribution in [0.3, 0.4) is 0 Å². The van der Waals surface area contributed by atoms with Crippen molar-refractivity contribution in [2.24, 2.45) is 11.8 Å². The molecule has 4 atom stereocenters. The molecule has 1 unspecified atom stereocenters. The quantitative estimate of drug-likeness (QED) is 0.292. The Labute approximate surface area is 188 Å². The predicted molar refractivity (Wildman–Crippen MR) is 123 cm³/mol. The molecule has 2 rings (SSSR count). The molecule has 0 radical (unpaired) electrons. The maximum absolute atomic E-state index is 13.3. The minimum atomic E-state index is -0.766. The third-order valence-electron chi connectivity index (χ3n) is 5.18. The zero-order valence-electron chi connectivity index (χ0n) is 18.8. The van der Waals surface area contributed by atoms with E-state index in [1.165, 1.54) is 7.05 Å². The maximum atomic E-state index is 13.3. The Morgan fingerprint density at radius 2 is 1.81 bits per heavy atom. The fourth-order valence-electron chi connectivity index (χ4n) is 3.84. The van der Waals surface area contributed by atoms with E-state index in [2.05, 4.69) is 10.6 Å². The van der Waals surface area contributed by atoms with E-state index >= 15 is 0 Å². The van der Waals surface area contributed by atoms with Crippen LogP contribution in [0.5, 0.6) is 0 Å². The molecule has 0 spiro atoms. The van der Waals surface area contributed by atoms with Gasteiger partial charge in [0, 0.05) is 23.5 Å². The highest BCUT2D eigenvalue weighted by Crippen LogP contribution is 2.41. The van der Waals surface area contributed by atoms with Gasteiger partial charge in [0.15, 0.2) is 0 Å². The summed E-state index contributed by atoms with van der Waals surface area (Å²) in [7, 11) is 1.53. The summed E-state index contributed by atoms with van der Waals surface area (Å²) in [5.74, 6) is -2.71. The number of hydrogen-bond acceptors (Lipinski definition) is 5. The van der Waals surface area contributed by atoms with Crippen LogP contribution in [0, 0.1) is 11.8 Å². The maximum Gasteiger partial charge on any atom is 0.248 e. The van der Waals surface area contributed by atoms with Crippen LogP contribution in [-0.2, 0) is 20.8 Å². The van der Waals surface area contributed by atoms with Crippen molar-refractivity contribution in [2.45, 2.75) is 56.6 Å². The highest BCUT2D eigenvalue weighted by molar-refractivity contribution is 8.01. The first-order chi connectivity index (χ1) is 14.6. The van der Waals surface area contributed by atoms with E-state index in [9.17, 15) is 19.6 Å². The van der Waals surface area contributed by atoms with E-state index in [-0.39, 0.29) is 21.8 Å². The van der Waals surface area contributed by atoms with Gasteiger partial charge in [-0.15, -0.1) is 11.8 Å². The van der Waals surface area contributed by atoms with Crippen molar-refractivity contribution in [3.8, 4) is 0 Å². The minimum absolute atomic E-state index is 0.147. The van der Waals surface area contributed by atoms with E-state index in [1.54, 1.807) is 17.2 Å². The minimum Gasteiger partial charge on any atom is -0.357 e. The SMILES string of the molecule is CNC(=O)[C@H](Cc1ccccc1)NC(=O)[C@@H]1CC(C)=CC(SC(C)(C)C)[C@@H]1C(=O)NO. The summed E-state index contributed by atoms with van der Waals surface area (Å²) in [6, 6.07) is 8.67. The second-order valence-corrected chi connectivity index (χ2v) is 10.9. The van der Waals surface area contributed by atoms with Gasteiger partial charge in [0.05, 0.1) is 11.8 Å². The number of nitrogens with one attached hydrogen (secondary N) is 3. The Morgan fingerprint density at radius 1 is 1.16 bits per heavy atom. The lowest BCUT2D eigenvalue weighted by Gasteiger charge is -2.37. The van der Waals surface area contributed by atoms with Gasteiger partial charge in [0.25, 0.3) is 0 Å². The molecule has 1 aromatic rings. The number of benzene rings is 1. The first-order valence-electron chi connectivity index (χ1n) is 10.4. The van der Waals surface area contributed by atoms with E-state index in [4.69, 9.17) is 0 Å². The first kappa shape index (κ1) is 24.9. The molecule has 7 nitrogen and oxygen atoms in total. The van der Waals surface area contributed by atoms with Crippen LogP contribution < -0.4 is 16.1 Å². The topological polar surface area (TPSA) is 108 Å². The number of amides is 3. The Hall–Kier alpha value is -2.32. The van der Waals surface area contributed by atoms with E-state index in [0.29, 0.717) is 12.8 Å². The number of likely N-dealkylation sites (N-methyl/N-ethyl adjacent to an activating group) is 1. The fraction of sp³-hybridized carbons (Fsp3) is 0.522. The molecule has 3 amide bonds. The molecule has 0 bridgehead atoms. The molecule has 0 fully saturated rings. The Bertz CT molecular complexity index is 820. The third kappa shape index (κ3) is 7.11. The standard InChI is InChI=1S/C23H33N3O4S/c1-14-11-16(19(22(29)26-30)18(12-14)31-23(2,3)4)20(27)25-17(21(28)24-5)13-15-9-7-6-8-10-15/h6-10,12,16-19,30H,11,13H2,1-5H3,(H,24,28)(H,25,27)(H,26,29)/t16-,17+,18?,19-/m1/s1. The van der Waals surface area contributed by atoms with Crippen molar-refractivity contribution in [3.05, 3.63) is 47.5 Å². The van der Waals surface area contributed by atoms with E-state index < -0.39 is 23.8 Å². The van der Waals surface area contributed by atoms with Crippen molar-refractivity contribution >= 4 is 29.5 Å². The molecule has 31 heavy (non-hydrogen) atoms. The van der Waals surface area contributed by atoms with Crippen LogP contribution in [0.2, 0.25) is 0 Å².